The van der Waals surface area contributed by atoms with Gasteiger partial charge >= 0.3 is 17.9 Å². The molecule has 0 heterocycles. The summed E-state index contributed by atoms with van der Waals surface area (Å²) in [5.74, 6) is -0.904. The van der Waals surface area contributed by atoms with Gasteiger partial charge in [0.15, 0.2) is 6.10 Å². The van der Waals surface area contributed by atoms with Crippen LogP contribution < -0.4 is 0 Å². The van der Waals surface area contributed by atoms with E-state index in [-0.39, 0.29) is 31.1 Å². The maximum Gasteiger partial charge on any atom is 0.306 e. The Labute approximate surface area is 433 Å². The molecule has 0 fully saturated rings. The highest BCUT2D eigenvalue weighted by atomic mass is 16.6. The Morgan fingerprint density at radius 2 is 0.529 bits per heavy atom. The van der Waals surface area contributed by atoms with Crippen LogP contribution >= 0.6 is 0 Å². The highest BCUT2D eigenvalue weighted by Crippen LogP contribution is 2.15. The van der Waals surface area contributed by atoms with E-state index >= 15 is 0 Å². The lowest BCUT2D eigenvalue weighted by molar-refractivity contribution is -0.167. The fraction of sp³-hybridized carbons (Fsp3) is 0.766. The van der Waals surface area contributed by atoms with Crippen LogP contribution in [0, 0.1) is 0 Å². The fourth-order valence-electron chi connectivity index (χ4n) is 8.34. The topological polar surface area (TPSA) is 78.9 Å². The molecule has 6 nitrogen and oxygen atoms in total. The number of carbonyl (C=O) groups is 3. The summed E-state index contributed by atoms with van der Waals surface area (Å²) in [5, 5.41) is 0. The number of hydrogen-bond acceptors (Lipinski definition) is 6. The van der Waals surface area contributed by atoms with Crippen LogP contribution in [0.3, 0.4) is 0 Å². The summed E-state index contributed by atoms with van der Waals surface area (Å²) in [4.78, 5) is 38.1. The van der Waals surface area contributed by atoms with Crippen LogP contribution in [0.5, 0.6) is 0 Å². The van der Waals surface area contributed by atoms with Crippen molar-refractivity contribution in [3.8, 4) is 0 Å². The molecular weight excluding hydrogens is 865 g/mol. The van der Waals surface area contributed by atoms with Crippen molar-refractivity contribution in [2.24, 2.45) is 0 Å². The molecule has 0 amide bonds. The van der Waals surface area contributed by atoms with Crippen molar-refractivity contribution in [2.75, 3.05) is 13.2 Å². The minimum atomic E-state index is -0.788. The van der Waals surface area contributed by atoms with Crippen molar-refractivity contribution >= 4 is 17.9 Å². The Hall–Kier alpha value is -3.15. The van der Waals surface area contributed by atoms with E-state index in [0.29, 0.717) is 19.3 Å². The Bertz CT molecular complexity index is 1310. The third-order valence-electron chi connectivity index (χ3n) is 12.9. The van der Waals surface area contributed by atoms with Crippen LogP contribution in [-0.4, -0.2) is 37.2 Å². The summed E-state index contributed by atoms with van der Waals surface area (Å²) in [6.45, 7) is 6.57. The van der Waals surface area contributed by atoms with Gasteiger partial charge in [0.05, 0.1) is 0 Å². The molecule has 0 aromatic carbocycles. The molecule has 0 aliphatic heterocycles. The average molecular weight is 978 g/mol. The van der Waals surface area contributed by atoms with E-state index in [2.05, 4.69) is 93.7 Å². The summed E-state index contributed by atoms with van der Waals surface area (Å²) in [6.07, 6.45) is 74.7. The second-order valence-corrected chi connectivity index (χ2v) is 19.9. The molecule has 0 saturated carbocycles. The molecule has 0 radical (unpaired) electrons. The zero-order valence-corrected chi connectivity index (χ0v) is 46.3. The van der Waals surface area contributed by atoms with Gasteiger partial charge in [0.2, 0.25) is 0 Å². The van der Waals surface area contributed by atoms with E-state index in [0.717, 1.165) is 103 Å². The van der Waals surface area contributed by atoms with Crippen LogP contribution in [0.1, 0.15) is 297 Å². The number of carbonyl (C=O) groups excluding carboxylic acids is 3. The van der Waals surface area contributed by atoms with Crippen molar-refractivity contribution < 1.29 is 28.6 Å². The summed E-state index contributed by atoms with van der Waals surface area (Å²) in [5.41, 5.74) is 0. The first-order chi connectivity index (χ1) is 34.5. The van der Waals surface area contributed by atoms with Gasteiger partial charge in [-0.05, 0) is 109 Å². The van der Waals surface area contributed by atoms with Gasteiger partial charge in [0.25, 0.3) is 0 Å². The van der Waals surface area contributed by atoms with Crippen LogP contribution in [0.4, 0.5) is 0 Å². The van der Waals surface area contributed by atoms with E-state index in [1.807, 2.05) is 0 Å². The Balaban J connectivity index is 4.30. The number of hydrogen-bond donors (Lipinski definition) is 0. The molecule has 0 aromatic heterocycles. The number of allylic oxidation sites excluding steroid dienone is 12. The summed E-state index contributed by atoms with van der Waals surface area (Å²) < 4.78 is 16.9. The standard InChI is InChI=1S/C64H112O6/c1-4-7-10-13-16-19-22-25-27-28-29-30-31-32-33-34-35-36-37-40-42-45-48-51-54-57-63(66)69-60-61(59-68-62(65)56-53-50-47-44-41-38-24-21-18-15-12-9-6-3)70-64(67)58-55-52-49-46-43-39-26-23-20-17-14-11-8-5-2/h14,17,21-26,28-29,31-32,61H,4-13,15-16,18-20,27,30,33-60H2,1-3H3/b17-14-,24-21-,25-22-,26-23-,29-28-,32-31-. The van der Waals surface area contributed by atoms with Crippen LogP contribution in [0.25, 0.3) is 0 Å². The molecule has 404 valence electrons. The predicted octanol–water partition coefficient (Wildman–Crippen LogP) is 20.2. The van der Waals surface area contributed by atoms with E-state index in [1.165, 1.54) is 154 Å². The molecule has 0 spiro atoms. The molecular formula is C64H112O6. The first-order valence-electron chi connectivity index (χ1n) is 29.9. The average Bonchev–Trinajstić information content (AvgIpc) is 3.36. The third kappa shape index (κ3) is 55.8. The molecule has 0 aliphatic carbocycles. The third-order valence-corrected chi connectivity index (χ3v) is 12.9. The molecule has 0 bridgehead atoms. The van der Waals surface area contributed by atoms with Gasteiger partial charge in [0, 0.05) is 19.3 Å². The summed E-state index contributed by atoms with van der Waals surface area (Å²) in [7, 11) is 0. The first-order valence-corrected chi connectivity index (χ1v) is 29.9. The zero-order chi connectivity index (χ0) is 50.7. The molecule has 0 saturated heterocycles. The van der Waals surface area contributed by atoms with Crippen molar-refractivity contribution in [3.05, 3.63) is 72.9 Å². The largest absolute Gasteiger partial charge is 0.462 e. The van der Waals surface area contributed by atoms with Crippen LogP contribution in [-0.2, 0) is 28.6 Å². The summed E-state index contributed by atoms with van der Waals surface area (Å²) in [6, 6.07) is 0. The van der Waals surface area contributed by atoms with Gasteiger partial charge in [-0.25, -0.2) is 0 Å². The molecule has 70 heavy (non-hydrogen) atoms. The smallest absolute Gasteiger partial charge is 0.306 e. The van der Waals surface area contributed by atoms with Gasteiger partial charge in [-0.3, -0.25) is 14.4 Å². The van der Waals surface area contributed by atoms with E-state index in [1.54, 1.807) is 0 Å². The van der Waals surface area contributed by atoms with Crippen LogP contribution in [0.15, 0.2) is 72.9 Å². The molecule has 0 aromatic rings. The maximum absolute atomic E-state index is 12.8. The van der Waals surface area contributed by atoms with Gasteiger partial charge in [0.1, 0.15) is 13.2 Å². The monoisotopic (exact) mass is 977 g/mol. The van der Waals surface area contributed by atoms with E-state index in [4.69, 9.17) is 14.2 Å². The second kappa shape index (κ2) is 58.4. The Morgan fingerprint density at radius 3 is 0.871 bits per heavy atom. The highest BCUT2D eigenvalue weighted by molar-refractivity contribution is 5.71. The Morgan fingerprint density at radius 1 is 0.286 bits per heavy atom. The van der Waals surface area contributed by atoms with E-state index in [9.17, 15) is 14.4 Å². The highest BCUT2D eigenvalue weighted by Gasteiger charge is 2.19. The summed E-state index contributed by atoms with van der Waals surface area (Å²) >= 11 is 0. The predicted molar refractivity (Wildman–Crippen MR) is 302 cm³/mol. The lowest BCUT2D eigenvalue weighted by Gasteiger charge is -2.18. The molecule has 6 heteroatoms. The lowest BCUT2D eigenvalue weighted by Crippen LogP contribution is -2.30. The van der Waals surface area contributed by atoms with Crippen molar-refractivity contribution in [1.29, 1.82) is 0 Å². The van der Waals surface area contributed by atoms with Crippen LogP contribution in [0.2, 0.25) is 0 Å². The minimum Gasteiger partial charge on any atom is -0.462 e. The molecule has 1 atom stereocenters. The quantitative estimate of drug-likeness (QED) is 0.0261. The number of ether oxygens (including phenoxy) is 3. The number of rotatable bonds is 54. The van der Waals surface area contributed by atoms with Gasteiger partial charge < -0.3 is 14.2 Å². The van der Waals surface area contributed by atoms with Crippen molar-refractivity contribution in [2.45, 2.75) is 303 Å². The van der Waals surface area contributed by atoms with Crippen molar-refractivity contribution in [1.82, 2.24) is 0 Å². The lowest BCUT2D eigenvalue weighted by atomic mass is 10.1. The molecule has 0 N–H and O–H groups in total. The number of unbranched alkanes of at least 4 members (excludes halogenated alkanes) is 31. The maximum atomic E-state index is 12.8. The fourth-order valence-corrected chi connectivity index (χ4v) is 8.34. The second-order valence-electron chi connectivity index (χ2n) is 19.9. The molecule has 0 rings (SSSR count). The SMILES string of the molecule is CCCC/C=C\C/C=C\CCCCCCCC(=O)OC(COC(=O)CCCCCCC/C=C\CCCCCC)COC(=O)CCCCCCCCCCCC/C=C\C/C=C\C/C=C\CCCCCCC. The van der Waals surface area contributed by atoms with Gasteiger partial charge in [-0.1, -0.05) is 241 Å². The zero-order valence-electron chi connectivity index (χ0n) is 46.3. The number of esters is 3. The van der Waals surface area contributed by atoms with E-state index < -0.39 is 6.10 Å². The van der Waals surface area contributed by atoms with Gasteiger partial charge in [-0.2, -0.15) is 0 Å². The minimum absolute atomic E-state index is 0.0852. The van der Waals surface area contributed by atoms with Gasteiger partial charge in [-0.15, -0.1) is 0 Å². The first kappa shape index (κ1) is 66.9. The van der Waals surface area contributed by atoms with Crippen molar-refractivity contribution in [3.63, 3.8) is 0 Å². The molecule has 1 unspecified atom stereocenters. The normalized spacial score (nSPS) is 12.6. The Kier molecular flexibility index (Phi) is 55.8. The molecule has 0 aliphatic rings.